The van der Waals surface area contributed by atoms with Gasteiger partial charge in [-0.25, -0.2) is 4.79 Å². The van der Waals surface area contributed by atoms with Gasteiger partial charge in [-0.2, -0.15) is 0 Å². The van der Waals surface area contributed by atoms with Crippen molar-refractivity contribution in [3.05, 3.63) is 47.6 Å². The molecule has 0 N–H and O–H groups in total. The van der Waals surface area contributed by atoms with Gasteiger partial charge in [-0.3, -0.25) is 0 Å². The fraction of sp³-hybridized carbons (Fsp3) is 0.645. The molecule has 0 bridgehead atoms. The third kappa shape index (κ3) is 6.68. The van der Waals surface area contributed by atoms with E-state index in [2.05, 4.69) is 45.6 Å². The van der Waals surface area contributed by atoms with Crippen LogP contribution in [0.15, 0.2) is 42.0 Å². The summed E-state index contributed by atoms with van der Waals surface area (Å²) in [5.41, 5.74) is 1.61. The number of allylic oxidation sites excluding steroid dienone is 1. The van der Waals surface area contributed by atoms with Crippen molar-refractivity contribution in [3.63, 3.8) is 0 Å². The van der Waals surface area contributed by atoms with E-state index in [4.69, 9.17) is 23.7 Å². The van der Waals surface area contributed by atoms with Gasteiger partial charge in [0.15, 0.2) is 0 Å². The normalized spacial score (nSPS) is 32.0. The zero-order chi connectivity index (χ0) is 27.3. The molecule has 7 nitrogen and oxygen atoms in total. The molecule has 4 rings (SSSR count). The van der Waals surface area contributed by atoms with Crippen LogP contribution in [-0.4, -0.2) is 80.3 Å². The SMILES string of the molecule is CCN(CC)CCOc1ccc(/C=C/C(=O)O[C@@H]2CCC3(CO3)[C@@H]([C@@]3(C)O[C@@H]3CC=C(C)C)[C@@H]2OC)cc1. The minimum Gasteiger partial charge on any atom is -0.492 e. The monoisotopic (exact) mass is 527 g/mol. The highest BCUT2D eigenvalue weighted by Crippen LogP contribution is 2.59. The van der Waals surface area contributed by atoms with Gasteiger partial charge in [0.05, 0.1) is 18.6 Å². The van der Waals surface area contributed by atoms with Gasteiger partial charge < -0.3 is 28.6 Å². The summed E-state index contributed by atoms with van der Waals surface area (Å²) >= 11 is 0. The molecule has 7 heteroatoms. The Bertz CT molecular complexity index is 992. The smallest absolute Gasteiger partial charge is 0.331 e. The molecule has 3 aliphatic rings. The van der Waals surface area contributed by atoms with E-state index in [-0.39, 0.29) is 41.4 Å². The second-order valence-electron chi connectivity index (χ2n) is 11.1. The third-order valence-electron chi connectivity index (χ3n) is 8.37. The number of rotatable bonds is 13. The second-order valence-corrected chi connectivity index (χ2v) is 11.1. The Kier molecular flexibility index (Phi) is 9.35. The Hall–Kier alpha value is -2.19. The summed E-state index contributed by atoms with van der Waals surface area (Å²) in [5, 5.41) is 0. The number of hydrogen-bond donors (Lipinski definition) is 0. The predicted molar refractivity (Wildman–Crippen MR) is 148 cm³/mol. The van der Waals surface area contributed by atoms with Crippen molar-refractivity contribution in [2.45, 2.75) is 83.4 Å². The van der Waals surface area contributed by atoms with Crippen molar-refractivity contribution in [2.75, 3.05) is 40.0 Å². The van der Waals surface area contributed by atoms with E-state index in [1.807, 2.05) is 24.3 Å². The van der Waals surface area contributed by atoms with Crippen molar-refractivity contribution in [1.29, 1.82) is 0 Å². The maximum Gasteiger partial charge on any atom is 0.331 e. The number of methoxy groups -OCH3 is 1. The van der Waals surface area contributed by atoms with Crippen molar-refractivity contribution >= 4 is 12.0 Å². The quantitative estimate of drug-likeness (QED) is 0.154. The minimum atomic E-state index is -0.369. The fourth-order valence-electron chi connectivity index (χ4n) is 5.93. The number of epoxide rings is 2. The Balaban J connectivity index is 1.32. The molecule has 6 atom stereocenters. The van der Waals surface area contributed by atoms with Crippen molar-refractivity contribution in [3.8, 4) is 5.75 Å². The van der Waals surface area contributed by atoms with Crippen molar-refractivity contribution in [2.24, 2.45) is 5.92 Å². The van der Waals surface area contributed by atoms with Crippen LogP contribution in [0, 0.1) is 5.92 Å². The first-order chi connectivity index (χ1) is 18.2. The molecular weight excluding hydrogens is 482 g/mol. The standard InChI is InChI=1S/C31H45NO6/c1-7-32(8-2)19-20-35-24-13-10-23(11-14-24)12-16-27(33)37-25-17-18-31(21-36-31)29(28(25)34-6)30(5)26(38-30)15-9-22(3)4/h9-14,16,25-26,28-29H,7-8,15,17-21H2,1-6H3/b16-12+/t25-,26-,28-,29-,30+,31?/m1/s1. The number of likely N-dealkylation sites (N-methyl/N-ethyl adjacent to an activating group) is 1. The van der Waals surface area contributed by atoms with E-state index < -0.39 is 0 Å². The van der Waals surface area contributed by atoms with Gasteiger partial charge in [0.25, 0.3) is 0 Å². The summed E-state index contributed by atoms with van der Waals surface area (Å²) in [6, 6.07) is 7.74. The molecule has 1 saturated carbocycles. The zero-order valence-corrected chi connectivity index (χ0v) is 23.9. The highest BCUT2D eigenvalue weighted by Gasteiger charge is 2.72. The Morgan fingerprint density at radius 2 is 1.89 bits per heavy atom. The summed E-state index contributed by atoms with van der Waals surface area (Å²) < 4.78 is 30.0. The number of ether oxygens (including phenoxy) is 5. The summed E-state index contributed by atoms with van der Waals surface area (Å²) in [7, 11) is 1.69. The number of nitrogens with zero attached hydrogens (tertiary/aromatic N) is 1. The summed E-state index contributed by atoms with van der Waals surface area (Å²) in [4.78, 5) is 15.1. The minimum absolute atomic E-state index is 0.0142. The van der Waals surface area contributed by atoms with E-state index in [0.29, 0.717) is 19.6 Å². The predicted octanol–water partition coefficient (Wildman–Crippen LogP) is 5.04. The lowest BCUT2D eigenvalue weighted by atomic mass is 9.68. The molecule has 210 valence electrons. The van der Waals surface area contributed by atoms with Crippen LogP contribution in [0.5, 0.6) is 5.75 Å². The second kappa shape index (κ2) is 12.3. The lowest BCUT2D eigenvalue weighted by molar-refractivity contribution is -0.166. The molecule has 2 saturated heterocycles. The van der Waals surface area contributed by atoms with Gasteiger partial charge in [0, 0.05) is 19.7 Å². The van der Waals surface area contributed by atoms with Crippen LogP contribution in [0.4, 0.5) is 0 Å². The molecule has 2 heterocycles. The lowest BCUT2D eigenvalue weighted by Gasteiger charge is -2.42. The summed E-state index contributed by atoms with van der Waals surface area (Å²) in [6.07, 6.45) is 7.40. The Labute approximate surface area is 228 Å². The van der Waals surface area contributed by atoms with Gasteiger partial charge >= 0.3 is 5.97 Å². The van der Waals surface area contributed by atoms with Gasteiger partial charge in [-0.15, -0.1) is 0 Å². The fourth-order valence-corrected chi connectivity index (χ4v) is 5.93. The molecule has 0 aromatic heterocycles. The summed E-state index contributed by atoms with van der Waals surface area (Å²) in [6.45, 7) is 15.0. The summed E-state index contributed by atoms with van der Waals surface area (Å²) in [5.74, 6) is 0.467. The van der Waals surface area contributed by atoms with E-state index >= 15 is 0 Å². The molecule has 1 unspecified atom stereocenters. The van der Waals surface area contributed by atoms with Gasteiger partial charge in [-0.05, 0) is 76.9 Å². The van der Waals surface area contributed by atoms with Crippen LogP contribution in [0.25, 0.3) is 6.08 Å². The van der Waals surface area contributed by atoms with E-state index in [1.165, 1.54) is 11.6 Å². The Morgan fingerprint density at radius 1 is 1.18 bits per heavy atom. The third-order valence-corrected chi connectivity index (χ3v) is 8.37. The molecule has 1 aromatic carbocycles. The van der Waals surface area contributed by atoms with Crippen LogP contribution in [-0.2, 0) is 23.7 Å². The molecule has 38 heavy (non-hydrogen) atoms. The maximum atomic E-state index is 12.8. The largest absolute Gasteiger partial charge is 0.492 e. The highest BCUT2D eigenvalue weighted by molar-refractivity contribution is 5.87. The van der Waals surface area contributed by atoms with Gasteiger partial charge in [-0.1, -0.05) is 37.6 Å². The van der Waals surface area contributed by atoms with Crippen LogP contribution in [0.2, 0.25) is 0 Å². The Morgan fingerprint density at radius 3 is 2.50 bits per heavy atom. The molecule has 1 aliphatic carbocycles. The zero-order valence-electron chi connectivity index (χ0n) is 23.9. The van der Waals surface area contributed by atoms with E-state index in [9.17, 15) is 4.79 Å². The first-order valence-electron chi connectivity index (χ1n) is 14.1. The lowest BCUT2D eigenvalue weighted by Crippen LogP contribution is -2.55. The van der Waals surface area contributed by atoms with E-state index in [1.54, 1.807) is 13.2 Å². The maximum absolute atomic E-state index is 12.8. The number of hydrogen-bond acceptors (Lipinski definition) is 7. The molecule has 2 aliphatic heterocycles. The van der Waals surface area contributed by atoms with Crippen molar-refractivity contribution in [1.82, 2.24) is 4.90 Å². The van der Waals surface area contributed by atoms with E-state index in [0.717, 1.165) is 43.8 Å². The molecule has 0 radical (unpaired) electrons. The molecule has 0 amide bonds. The number of carbonyl (C=O) groups excluding carboxylic acids is 1. The van der Waals surface area contributed by atoms with Crippen LogP contribution in [0.1, 0.15) is 59.4 Å². The average Bonchev–Trinajstić information content (AvgIpc) is 3.82. The van der Waals surface area contributed by atoms with Crippen LogP contribution >= 0.6 is 0 Å². The molecule has 1 spiro atoms. The highest BCUT2D eigenvalue weighted by atomic mass is 16.6. The number of carbonyl (C=O) groups is 1. The number of benzene rings is 1. The topological polar surface area (TPSA) is 73.1 Å². The molecule has 1 aromatic rings. The van der Waals surface area contributed by atoms with Crippen LogP contribution in [0.3, 0.4) is 0 Å². The van der Waals surface area contributed by atoms with Crippen molar-refractivity contribution < 1.29 is 28.5 Å². The van der Waals surface area contributed by atoms with Gasteiger partial charge in [0.2, 0.25) is 0 Å². The first kappa shape index (κ1) is 28.8. The van der Waals surface area contributed by atoms with Crippen LogP contribution < -0.4 is 4.74 Å². The van der Waals surface area contributed by atoms with Gasteiger partial charge in [0.1, 0.15) is 35.8 Å². The average molecular weight is 528 g/mol. The molecule has 3 fully saturated rings. The first-order valence-corrected chi connectivity index (χ1v) is 14.1. The molecular formula is C31H45NO6. The number of esters is 1.